The summed E-state index contributed by atoms with van der Waals surface area (Å²) in [5, 5.41) is 9.13. The van der Waals surface area contributed by atoms with Gasteiger partial charge < -0.3 is 9.80 Å². The van der Waals surface area contributed by atoms with Gasteiger partial charge in [-0.05, 0) is 30.5 Å². The first kappa shape index (κ1) is 22.6. The maximum Gasteiger partial charge on any atom is 0.233 e. The maximum atomic E-state index is 14.5. The van der Waals surface area contributed by atoms with E-state index in [1.54, 1.807) is 23.1 Å². The number of aromatic nitrogens is 3. The quantitative estimate of drug-likeness (QED) is 0.487. The Kier molecular flexibility index (Phi) is 6.62. The van der Waals surface area contributed by atoms with Gasteiger partial charge in [0.15, 0.2) is 11.0 Å². The van der Waals surface area contributed by atoms with E-state index in [1.165, 1.54) is 17.8 Å². The molecule has 5 rings (SSSR count). The highest BCUT2D eigenvalue weighted by Gasteiger charge is 2.35. The molecule has 34 heavy (non-hydrogen) atoms. The van der Waals surface area contributed by atoms with Crippen molar-refractivity contribution >= 4 is 23.6 Å². The van der Waals surface area contributed by atoms with Crippen molar-refractivity contribution in [3.63, 3.8) is 0 Å². The lowest BCUT2D eigenvalue weighted by Crippen LogP contribution is -2.51. The van der Waals surface area contributed by atoms with E-state index in [0.29, 0.717) is 49.3 Å². The van der Waals surface area contributed by atoms with Gasteiger partial charge in [0, 0.05) is 32.1 Å². The van der Waals surface area contributed by atoms with Crippen LogP contribution in [0, 0.1) is 11.7 Å². The molecule has 1 aliphatic heterocycles. The van der Waals surface area contributed by atoms with Crippen LogP contribution < -0.4 is 0 Å². The Labute approximate surface area is 202 Å². The van der Waals surface area contributed by atoms with Crippen LogP contribution in [0.4, 0.5) is 4.39 Å². The Morgan fingerprint density at radius 3 is 2.29 bits per heavy atom. The van der Waals surface area contributed by atoms with Crippen LogP contribution in [0.5, 0.6) is 0 Å². The van der Waals surface area contributed by atoms with Gasteiger partial charge in [-0.1, -0.05) is 54.2 Å². The molecule has 0 spiro atoms. The molecule has 7 nitrogen and oxygen atoms in total. The van der Waals surface area contributed by atoms with Gasteiger partial charge in [-0.15, -0.1) is 10.2 Å². The number of thioether (sulfide) groups is 1. The highest BCUT2D eigenvalue weighted by atomic mass is 32.2. The Hall–Kier alpha value is -3.20. The normalized spacial score (nSPS) is 16.0. The van der Waals surface area contributed by atoms with Gasteiger partial charge in [-0.25, -0.2) is 4.39 Å². The van der Waals surface area contributed by atoms with Crippen LogP contribution in [0.15, 0.2) is 59.8 Å². The van der Waals surface area contributed by atoms with Gasteiger partial charge >= 0.3 is 0 Å². The fourth-order valence-electron chi connectivity index (χ4n) is 4.13. The Morgan fingerprint density at radius 1 is 0.912 bits per heavy atom. The minimum absolute atomic E-state index is 0.00484. The van der Waals surface area contributed by atoms with Crippen LogP contribution in [0.1, 0.15) is 18.4 Å². The monoisotopic (exact) mass is 479 g/mol. The summed E-state index contributed by atoms with van der Waals surface area (Å²) in [6.45, 7) is 2.75. The van der Waals surface area contributed by atoms with Crippen LogP contribution in [-0.2, 0) is 16.1 Å². The topological polar surface area (TPSA) is 71.3 Å². The summed E-state index contributed by atoms with van der Waals surface area (Å²) in [6, 6.07) is 16.3. The Bertz CT molecular complexity index is 1170. The lowest BCUT2D eigenvalue weighted by Gasteiger charge is -2.34. The van der Waals surface area contributed by atoms with E-state index in [1.807, 2.05) is 39.8 Å². The van der Waals surface area contributed by atoms with Crippen molar-refractivity contribution < 1.29 is 14.0 Å². The number of halogens is 1. The molecule has 3 aromatic rings. The average Bonchev–Trinajstić information content (AvgIpc) is 3.65. The fourth-order valence-corrected chi connectivity index (χ4v) is 4.97. The van der Waals surface area contributed by atoms with Crippen LogP contribution >= 0.6 is 11.8 Å². The Morgan fingerprint density at radius 2 is 1.59 bits per heavy atom. The molecule has 2 fully saturated rings. The zero-order chi connectivity index (χ0) is 23.5. The second-order valence-corrected chi connectivity index (χ2v) is 9.57. The lowest BCUT2D eigenvalue weighted by molar-refractivity contribution is -0.139. The molecular weight excluding hydrogens is 453 g/mol. The molecule has 2 heterocycles. The van der Waals surface area contributed by atoms with Crippen molar-refractivity contribution in [3.05, 3.63) is 66.0 Å². The molecule has 0 bridgehead atoms. The van der Waals surface area contributed by atoms with Crippen LogP contribution in [0.3, 0.4) is 0 Å². The summed E-state index contributed by atoms with van der Waals surface area (Å²) < 4.78 is 16.4. The largest absolute Gasteiger partial charge is 0.339 e. The molecule has 0 N–H and O–H groups in total. The summed E-state index contributed by atoms with van der Waals surface area (Å²) in [5.41, 5.74) is 1.41. The minimum atomic E-state index is -0.365. The number of nitrogens with zero attached hydrogens (tertiary/aromatic N) is 5. The van der Waals surface area contributed by atoms with Crippen molar-refractivity contribution in [2.24, 2.45) is 5.92 Å². The van der Waals surface area contributed by atoms with Gasteiger partial charge in [-0.3, -0.25) is 14.2 Å². The van der Waals surface area contributed by atoms with Gasteiger partial charge in [0.1, 0.15) is 5.82 Å². The SMILES string of the molecule is O=C(CSc1nnc(-c2ccccc2F)n1Cc1ccccc1)N1CCN(C(=O)C2CC2)CC1. The third-order valence-electron chi connectivity index (χ3n) is 6.21. The molecule has 0 radical (unpaired) electrons. The zero-order valence-electron chi connectivity index (χ0n) is 18.8. The number of piperazine rings is 1. The third kappa shape index (κ3) is 4.99. The number of benzene rings is 2. The van der Waals surface area contributed by atoms with Crippen molar-refractivity contribution in [2.45, 2.75) is 24.5 Å². The van der Waals surface area contributed by atoms with Crippen molar-refractivity contribution in [1.29, 1.82) is 0 Å². The minimum Gasteiger partial charge on any atom is -0.339 e. The number of hydrogen-bond donors (Lipinski definition) is 0. The number of hydrogen-bond acceptors (Lipinski definition) is 5. The van der Waals surface area contributed by atoms with Crippen molar-refractivity contribution in [3.8, 4) is 11.4 Å². The first-order valence-corrected chi connectivity index (χ1v) is 12.5. The molecule has 2 aliphatic rings. The zero-order valence-corrected chi connectivity index (χ0v) is 19.6. The van der Waals surface area contributed by atoms with Crippen LogP contribution in [0.2, 0.25) is 0 Å². The van der Waals surface area contributed by atoms with Gasteiger partial charge in [-0.2, -0.15) is 0 Å². The van der Waals surface area contributed by atoms with Crippen LogP contribution in [0.25, 0.3) is 11.4 Å². The van der Waals surface area contributed by atoms with E-state index in [4.69, 9.17) is 0 Å². The standard InChI is InChI=1S/C25H26FN5O2S/c26-21-9-5-4-8-20(21)23-27-28-25(31(23)16-18-6-2-1-3-7-18)34-17-22(32)29-12-14-30(15-13-29)24(33)19-10-11-19/h1-9,19H,10-17H2. The molecule has 2 aromatic carbocycles. The molecule has 1 aliphatic carbocycles. The average molecular weight is 480 g/mol. The molecule has 1 saturated carbocycles. The van der Waals surface area contributed by atoms with E-state index in [9.17, 15) is 14.0 Å². The summed E-state index contributed by atoms with van der Waals surface area (Å²) in [7, 11) is 0. The summed E-state index contributed by atoms with van der Waals surface area (Å²) in [5.74, 6) is 0.721. The number of amides is 2. The van der Waals surface area contributed by atoms with E-state index < -0.39 is 0 Å². The molecule has 0 unspecified atom stereocenters. The van der Waals surface area contributed by atoms with Crippen molar-refractivity contribution in [1.82, 2.24) is 24.6 Å². The lowest BCUT2D eigenvalue weighted by atomic mass is 10.2. The smallest absolute Gasteiger partial charge is 0.233 e. The molecule has 0 atom stereocenters. The van der Waals surface area contributed by atoms with E-state index in [2.05, 4.69) is 10.2 Å². The summed E-state index contributed by atoms with van der Waals surface area (Å²) in [4.78, 5) is 28.8. The van der Waals surface area contributed by atoms with Gasteiger partial charge in [0.05, 0.1) is 17.9 Å². The second kappa shape index (κ2) is 9.97. The summed E-state index contributed by atoms with van der Waals surface area (Å²) in [6.07, 6.45) is 1.99. The maximum absolute atomic E-state index is 14.5. The number of carbonyl (C=O) groups is 2. The van der Waals surface area contributed by atoms with Crippen molar-refractivity contribution in [2.75, 3.05) is 31.9 Å². The second-order valence-electron chi connectivity index (χ2n) is 8.63. The highest BCUT2D eigenvalue weighted by molar-refractivity contribution is 7.99. The number of carbonyl (C=O) groups excluding carboxylic acids is 2. The first-order valence-electron chi connectivity index (χ1n) is 11.5. The predicted molar refractivity (Wildman–Crippen MR) is 128 cm³/mol. The first-order chi connectivity index (χ1) is 16.6. The molecule has 1 aromatic heterocycles. The molecule has 2 amide bonds. The van der Waals surface area contributed by atoms with E-state index >= 15 is 0 Å². The molecule has 176 valence electrons. The highest BCUT2D eigenvalue weighted by Crippen LogP contribution is 2.31. The van der Waals surface area contributed by atoms with E-state index in [0.717, 1.165) is 18.4 Å². The van der Waals surface area contributed by atoms with Gasteiger partial charge in [0.2, 0.25) is 11.8 Å². The van der Waals surface area contributed by atoms with E-state index in [-0.39, 0.29) is 29.3 Å². The third-order valence-corrected chi connectivity index (χ3v) is 7.16. The molecule has 1 saturated heterocycles. The number of rotatable bonds is 7. The summed E-state index contributed by atoms with van der Waals surface area (Å²) >= 11 is 1.31. The Balaban J connectivity index is 1.28. The molecular formula is C25H26FN5O2S. The molecule has 9 heteroatoms. The predicted octanol–water partition coefficient (Wildman–Crippen LogP) is 3.31. The van der Waals surface area contributed by atoms with Gasteiger partial charge in [0.25, 0.3) is 0 Å². The fraction of sp³-hybridized carbons (Fsp3) is 0.360. The van der Waals surface area contributed by atoms with Crippen LogP contribution in [-0.4, -0.2) is 68.3 Å².